The highest BCUT2D eigenvalue weighted by molar-refractivity contribution is 5.60. The van der Waals surface area contributed by atoms with Crippen LogP contribution in [0.1, 0.15) is 115 Å². The summed E-state index contributed by atoms with van der Waals surface area (Å²) in [6.07, 6.45) is 14.4. The normalized spacial score (nSPS) is 11.1. The Kier molecular flexibility index (Phi) is 13.1. The number of hydrogen-bond acceptors (Lipinski definition) is 2. The van der Waals surface area contributed by atoms with Crippen molar-refractivity contribution in [2.75, 3.05) is 13.2 Å². The molecule has 28 heavy (non-hydrogen) atoms. The lowest BCUT2D eigenvalue weighted by atomic mass is 9.87. The van der Waals surface area contributed by atoms with Crippen molar-refractivity contribution in [1.29, 1.82) is 0 Å². The Morgan fingerprint density at radius 2 is 1.04 bits per heavy atom. The number of ether oxygens (including phenoxy) is 2. The molecular formula is C26H46O2. The first-order chi connectivity index (χ1) is 13.7. The van der Waals surface area contributed by atoms with Gasteiger partial charge in [-0.25, -0.2) is 0 Å². The van der Waals surface area contributed by atoms with Gasteiger partial charge < -0.3 is 9.47 Å². The first-order valence-corrected chi connectivity index (χ1v) is 12.1. The van der Waals surface area contributed by atoms with Crippen LogP contribution in [0.5, 0.6) is 11.5 Å². The van der Waals surface area contributed by atoms with E-state index in [1.54, 1.807) is 5.56 Å². The number of hydrogen-bond donors (Lipinski definition) is 0. The minimum Gasteiger partial charge on any atom is -0.490 e. The summed E-state index contributed by atoms with van der Waals surface area (Å²) in [5.74, 6) is 2.09. The molecule has 0 spiro atoms. The molecule has 0 fully saturated rings. The molecule has 0 bridgehead atoms. The largest absolute Gasteiger partial charge is 0.490 e. The van der Waals surface area contributed by atoms with Gasteiger partial charge >= 0.3 is 0 Å². The molecule has 0 aliphatic rings. The number of benzene rings is 1. The highest BCUT2D eigenvalue weighted by Crippen LogP contribution is 2.42. The minimum absolute atomic E-state index is 0.698. The topological polar surface area (TPSA) is 18.5 Å². The molecule has 162 valence electrons. The maximum Gasteiger partial charge on any atom is 0.164 e. The number of rotatable bonds is 16. The summed E-state index contributed by atoms with van der Waals surface area (Å²) in [5, 5.41) is 0. The van der Waals surface area contributed by atoms with Gasteiger partial charge in [-0.1, -0.05) is 73.1 Å². The lowest BCUT2D eigenvalue weighted by Gasteiger charge is -2.25. The van der Waals surface area contributed by atoms with Gasteiger partial charge in [0.1, 0.15) is 0 Å². The van der Waals surface area contributed by atoms with Gasteiger partial charge in [0.15, 0.2) is 11.5 Å². The molecule has 0 N–H and O–H groups in total. The average molecular weight is 391 g/mol. The summed E-state index contributed by atoms with van der Waals surface area (Å²) in [6, 6.07) is 0. The van der Waals surface area contributed by atoms with E-state index in [0.29, 0.717) is 6.61 Å². The molecule has 0 saturated heterocycles. The van der Waals surface area contributed by atoms with Gasteiger partial charge in [-0.05, 0) is 56.6 Å². The Morgan fingerprint density at radius 1 is 0.500 bits per heavy atom. The zero-order valence-electron chi connectivity index (χ0n) is 19.7. The lowest BCUT2D eigenvalue weighted by molar-refractivity contribution is 0.265. The Balaban J connectivity index is 3.27. The lowest BCUT2D eigenvalue weighted by Crippen LogP contribution is -2.12. The highest BCUT2D eigenvalue weighted by atomic mass is 16.5. The second-order valence-electron chi connectivity index (χ2n) is 7.79. The van der Waals surface area contributed by atoms with Crippen LogP contribution in [-0.4, -0.2) is 13.2 Å². The van der Waals surface area contributed by atoms with Crippen LogP contribution in [0.25, 0.3) is 0 Å². The summed E-state index contributed by atoms with van der Waals surface area (Å²) >= 11 is 0. The molecule has 1 rings (SSSR count). The summed E-state index contributed by atoms with van der Waals surface area (Å²) in [4.78, 5) is 0. The molecule has 1 aromatic carbocycles. The van der Waals surface area contributed by atoms with Crippen LogP contribution >= 0.6 is 0 Å². The van der Waals surface area contributed by atoms with E-state index in [9.17, 15) is 0 Å². The van der Waals surface area contributed by atoms with Gasteiger partial charge in [-0.2, -0.15) is 0 Å². The van der Waals surface area contributed by atoms with Crippen LogP contribution < -0.4 is 9.47 Å². The van der Waals surface area contributed by atoms with Gasteiger partial charge in [0.2, 0.25) is 0 Å². The van der Waals surface area contributed by atoms with E-state index in [2.05, 4.69) is 41.5 Å². The van der Waals surface area contributed by atoms with Gasteiger partial charge in [-0.3, -0.25) is 0 Å². The van der Waals surface area contributed by atoms with E-state index >= 15 is 0 Å². The molecular weight excluding hydrogens is 344 g/mol. The third-order valence-electron chi connectivity index (χ3n) is 5.72. The van der Waals surface area contributed by atoms with Crippen LogP contribution in [0.15, 0.2) is 0 Å². The second-order valence-corrected chi connectivity index (χ2v) is 7.79. The Morgan fingerprint density at radius 3 is 1.57 bits per heavy atom. The van der Waals surface area contributed by atoms with Crippen molar-refractivity contribution in [3.63, 3.8) is 0 Å². The molecule has 0 heterocycles. The molecule has 0 aliphatic heterocycles. The van der Waals surface area contributed by atoms with E-state index < -0.39 is 0 Å². The van der Waals surface area contributed by atoms with Crippen molar-refractivity contribution in [3.05, 3.63) is 22.3 Å². The maximum atomic E-state index is 6.42. The van der Waals surface area contributed by atoms with Crippen molar-refractivity contribution in [1.82, 2.24) is 0 Å². The van der Waals surface area contributed by atoms with Crippen LogP contribution in [-0.2, 0) is 25.7 Å². The average Bonchev–Trinajstić information content (AvgIpc) is 2.71. The molecule has 0 radical (unpaired) electrons. The highest BCUT2D eigenvalue weighted by Gasteiger charge is 2.23. The van der Waals surface area contributed by atoms with E-state index in [0.717, 1.165) is 43.8 Å². The van der Waals surface area contributed by atoms with E-state index in [4.69, 9.17) is 9.47 Å². The molecule has 0 atom stereocenters. The quantitative estimate of drug-likeness (QED) is 0.267. The zero-order valence-corrected chi connectivity index (χ0v) is 19.7. The van der Waals surface area contributed by atoms with Crippen molar-refractivity contribution >= 4 is 0 Å². The van der Waals surface area contributed by atoms with Gasteiger partial charge in [0.25, 0.3) is 0 Å². The molecule has 0 unspecified atom stereocenters. The fourth-order valence-electron chi connectivity index (χ4n) is 4.27. The Labute approximate surface area is 175 Å². The van der Waals surface area contributed by atoms with E-state index in [-0.39, 0.29) is 0 Å². The van der Waals surface area contributed by atoms with Crippen LogP contribution in [0, 0.1) is 0 Å². The molecule has 2 heteroatoms. The first kappa shape index (κ1) is 24.9. The van der Waals surface area contributed by atoms with Gasteiger partial charge in [0.05, 0.1) is 13.2 Å². The molecule has 2 nitrogen and oxygen atoms in total. The summed E-state index contributed by atoms with van der Waals surface area (Å²) in [6.45, 7) is 15.0. The zero-order chi connectivity index (χ0) is 20.8. The second kappa shape index (κ2) is 14.8. The van der Waals surface area contributed by atoms with Crippen molar-refractivity contribution in [3.8, 4) is 11.5 Å². The summed E-state index contributed by atoms with van der Waals surface area (Å²) < 4.78 is 12.6. The fourth-order valence-corrected chi connectivity index (χ4v) is 4.27. The SMILES string of the molecule is CCCCCCOc1c(CC)c(CC)c(CCCCCC)c(CC)c1OCC. The monoisotopic (exact) mass is 390 g/mol. The van der Waals surface area contributed by atoms with Crippen LogP contribution in [0.4, 0.5) is 0 Å². The Bertz CT molecular complexity index is 548. The number of unbranched alkanes of at least 4 members (excludes halogenated alkanes) is 6. The molecule has 0 amide bonds. The standard InChI is InChI=1S/C26H46O2/c1-7-13-15-17-19-24-21(9-3)22(10-4)26(28-20-18-16-14-8-2)25(27-12-6)23(24)11-5/h7-20H2,1-6H3. The smallest absolute Gasteiger partial charge is 0.164 e. The molecule has 1 aromatic rings. The van der Waals surface area contributed by atoms with Crippen molar-refractivity contribution in [2.45, 2.75) is 119 Å². The first-order valence-electron chi connectivity index (χ1n) is 12.1. The van der Waals surface area contributed by atoms with Crippen LogP contribution in [0.3, 0.4) is 0 Å². The van der Waals surface area contributed by atoms with E-state index in [1.165, 1.54) is 68.1 Å². The van der Waals surface area contributed by atoms with Crippen LogP contribution in [0.2, 0.25) is 0 Å². The third kappa shape index (κ3) is 7.01. The Hall–Kier alpha value is -1.18. The minimum atomic E-state index is 0.698. The molecule has 0 aliphatic carbocycles. The maximum absolute atomic E-state index is 6.42. The molecule has 0 aromatic heterocycles. The summed E-state index contributed by atoms with van der Waals surface area (Å²) in [5.41, 5.74) is 5.88. The third-order valence-corrected chi connectivity index (χ3v) is 5.72. The van der Waals surface area contributed by atoms with Crippen molar-refractivity contribution < 1.29 is 9.47 Å². The molecule has 0 saturated carbocycles. The van der Waals surface area contributed by atoms with Gasteiger partial charge in [0, 0.05) is 11.1 Å². The van der Waals surface area contributed by atoms with E-state index in [1.807, 2.05) is 0 Å². The van der Waals surface area contributed by atoms with Crippen molar-refractivity contribution in [2.24, 2.45) is 0 Å². The predicted octanol–water partition coefficient (Wildman–Crippen LogP) is 7.85. The summed E-state index contributed by atoms with van der Waals surface area (Å²) in [7, 11) is 0. The predicted molar refractivity (Wildman–Crippen MR) is 123 cm³/mol. The van der Waals surface area contributed by atoms with Gasteiger partial charge in [-0.15, -0.1) is 0 Å². The fraction of sp³-hybridized carbons (Fsp3) is 0.769.